The highest BCUT2D eigenvalue weighted by Gasteiger charge is 2.47. The van der Waals surface area contributed by atoms with Crippen molar-refractivity contribution in [2.75, 3.05) is 11.5 Å². The molecular formula is C9H12N2OS2. The molecular weight excluding hydrogens is 216 g/mol. The largest absolute Gasteiger partial charge is 0.294 e. The molecule has 0 spiro atoms. The van der Waals surface area contributed by atoms with Gasteiger partial charge < -0.3 is 0 Å². The van der Waals surface area contributed by atoms with Crippen LogP contribution in [0.15, 0.2) is 9.98 Å². The van der Waals surface area contributed by atoms with E-state index in [0.717, 1.165) is 11.5 Å². The molecule has 76 valence electrons. The molecule has 0 N–H and O–H groups in total. The second-order valence-electron chi connectivity index (χ2n) is 3.97. The lowest BCUT2D eigenvalue weighted by Crippen LogP contribution is -2.48. The van der Waals surface area contributed by atoms with Crippen LogP contribution in [0.4, 0.5) is 0 Å². The first-order valence-electron chi connectivity index (χ1n) is 4.42. The molecule has 3 nitrogen and oxygen atoms in total. The molecule has 0 radical (unpaired) electrons. The molecule has 2 unspecified atom stereocenters. The Bertz CT molecular complexity index is 299. The van der Waals surface area contributed by atoms with Gasteiger partial charge >= 0.3 is 0 Å². The molecule has 5 heteroatoms. The molecule has 0 aromatic heterocycles. The number of nitrogens with zero attached hydrogens (tertiary/aromatic N) is 2. The summed E-state index contributed by atoms with van der Waals surface area (Å²) in [5.41, 5.74) is 2.43. The number of hydrogen-bond acceptors (Lipinski definition) is 5. The number of aliphatic imine (C=N–C) groups is 2. The van der Waals surface area contributed by atoms with Crippen LogP contribution in [0, 0.1) is 0 Å². The molecule has 0 amide bonds. The van der Waals surface area contributed by atoms with E-state index < -0.39 is 11.1 Å². The molecule has 0 aliphatic carbocycles. The van der Waals surface area contributed by atoms with Crippen molar-refractivity contribution in [2.45, 2.75) is 24.9 Å². The Labute approximate surface area is 91.8 Å². The molecule has 2 heterocycles. The third-order valence-electron chi connectivity index (χ3n) is 2.53. The number of rotatable bonds is 2. The van der Waals surface area contributed by atoms with Gasteiger partial charge in [-0.3, -0.25) is 14.8 Å². The van der Waals surface area contributed by atoms with Gasteiger partial charge in [-0.2, -0.15) is 0 Å². The van der Waals surface area contributed by atoms with E-state index in [9.17, 15) is 4.79 Å². The van der Waals surface area contributed by atoms with E-state index in [-0.39, 0.29) is 5.78 Å². The predicted molar refractivity (Wildman–Crippen MR) is 63.7 cm³/mol. The summed E-state index contributed by atoms with van der Waals surface area (Å²) < 4.78 is 0. The molecule has 2 rings (SSSR count). The Kier molecular flexibility index (Phi) is 2.47. The first-order valence-corrected chi connectivity index (χ1v) is 6.52. The Morgan fingerprint density at radius 1 is 1.14 bits per heavy atom. The van der Waals surface area contributed by atoms with Crippen LogP contribution in [-0.4, -0.2) is 39.5 Å². The molecule has 0 aromatic carbocycles. The topological polar surface area (TPSA) is 41.8 Å². The van der Waals surface area contributed by atoms with Crippen LogP contribution < -0.4 is 0 Å². The van der Waals surface area contributed by atoms with E-state index in [4.69, 9.17) is 0 Å². The molecule has 2 aliphatic heterocycles. The van der Waals surface area contributed by atoms with Crippen molar-refractivity contribution in [3.63, 3.8) is 0 Å². The first kappa shape index (κ1) is 10.2. The lowest BCUT2D eigenvalue weighted by molar-refractivity contribution is -0.126. The fourth-order valence-electron chi connectivity index (χ4n) is 1.61. The van der Waals surface area contributed by atoms with Gasteiger partial charge in [0, 0.05) is 11.5 Å². The van der Waals surface area contributed by atoms with Gasteiger partial charge in [0.1, 0.15) is 11.1 Å². The molecule has 14 heavy (non-hydrogen) atoms. The summed E-state index contributed by atoms with van der Waals surface area (Å²) in [5.74, 6) is 1.65. The lowest BCUT2D eigenvalue weighted by Gasteiger charge is -2.27. The number of ketones is 1. The Morgan fingerprint density at radius 2 is 1.57 bits per heavy atom. The van der Waals surface area contributed by atoms with Crippen LogP contribution in [0.5, 0.6) is 0 Å². The zero-order valence-corrected chi connectivity index (χ0v) is 9.82. The Balaban J connectivity index is 2.23. The van der Waals surface area contributed by atoms with E-state index in [2.05, 4.69) is 9.98 Å². The van der Waals surface area contributed by atoms with Crippen molar-refractivity contribution in [1.82, 2.24) is 0 Å². The number of carbonyl (C=O) groups excluding carboxylic acids is 1. The minimum absolute atomic E-state index is 0.146. The fraction of sp³-hybridized carbons (Fsp3) is 0.667. The number of carbonyl (C=O) groups is 1. The van der Waals surface area contributed by atoms with E-state index in [1.807, 2.05) is 13.8 Å². The van der Waals surface area contributed by atoms with Crippen molar-refractivity contribution >= 4 is 40.4 Å². The van der Waals surface area contributed by atoms with Gasteiger partial charge in [0.25, 0.3) is 0 Å². The Hall–Kier alpha value is -0.290. The van der Waals surface area contributed by atoms with Crippen LogP contribution >= 0.6 is 23.5 Å². The molecule has 0 aromatic rings. The molecule has 0 fully saturated rings. The van der Waals surface area contributed by atoms with Crippen LogP contribution in [0.2, 0.25) is 0 Å². The smallest absolute Gasteiger partial charge is 0.188 e. The van der Waals surface area contributed by atoms with Gasteiger partial charge in [0.2, 0.25) is 0 Å². The van der Waals surface area contributed by atoms with Crippen LogP contribution in [0.1, 0.15) is 13.8 Å². The molecule has 2 atom stereocenters. The van der Waals surface area contributed by atoms with Crippen molar-refractivity contribution < 1.29 is 4.79 Å². The maximum absolute atomic E-state index is 12.2. The van der Waals surface area contributed by atoms with E-state index >= 15 is 0 Å². The minimum Gasteiger partial charge on any atom is -0.294 e. The highest BCUT2D eigenvalue weighted by Crippen LogP contribution is 2.33. The van der Waals surface area contributed by atoms with E-state index in [1.165, 1.54) is 0 Å². The van der Waals surface area contributed by atoms with Gasteiger partial charge in [0.15, 0.2) is 5.78 Å². The molecule has 0 saturated carbocycles. The van der Waals surface area contributed by atoms with Crippen LogP contribution in [-0.2, 0) is 4.79 Å². The lowest BCUT2D eigenvalue weighted by atomic mass is 9.86. The predicted octanol–water partition coefficient (Wildman–Crippen LogP) is 1.62. The van der Waals surface area contributed by atoms with Crippen molar-refractivity contribution in [3.05, 3.63) is 0 Å². The quantitative estimate of drug-likeness (QED) is 0.721. The average Bonchev–Trinajstić information content (AvgIpc) is 2.75. The van der Waals surface area contributed by atoms with Crippen LogP contribution in [0.25, 0.3) is 0 Å². The van der Waals surface area contributed by atoms with Crippen molar-refractivity contribution in [3.8, 4) is 0 Å². The summed E-state index contributed by atoms with van der Waals surface area (Å²) in [6.45, 7) is 3.80. The maximum atomic E-state index is 12.2. The van der Waals surface area contributed by atoms with Crippen molar-refractivity contribution in [1.29, 1.82) is 0 Å². The highest BCUT2D eigenvalue weighted by atomic mass is 32.2. The summed E-state index contributed by atoms with van der Waals surface area (Å²) in [4.78, 5) is 20.8. The SMILES string of the molecule is CC1(C(=O)C2(C)CSC=N2)CSC=N1. The first-order chi connectivity index (χ1) is 6.57. The highest BCUT2D eigenvalue weighted by molar-refractivity contribution is 8.12. The van der Waals surface area contributed by atoms with Gasteiger partial charge in [-0.1, -0.05) is 0 Å². The normalized spacial score (nSPS) is 40.7. The summed E-state index contributed by atoms with van der Waals surface area (Å²) in [7, 11) is 0. The zero-order valence-electron chi connectivity index (χ0n) is 8.19. The minimum atomic E-state index is -0.554. The fourth-order valence-corrected chi connectivity index (χ4v) is 3.43. The van der Waals surface area contributed by atoms with E-state index in [1.54, 1.807) is 34.6 Å². The second kappa shape index (κ2) is 3.38. The summed E-state index contributed by atoms with van der Waals surface area (Å²) >= 11 is 3.19. The van der Waals surface area contributed by atoms with Gasteiger partial charge in [-0.15, -0.1) is 23.5 Å². The number of hydrogen-bond donors (Lipinski definition) is 0. The average molecular weight is 228 g/mol. The maximum Gasteiger partial charge on any atom is 0.188 e. The second-order valence-corrected chi connectivity index (χ2v) is 5.63. The van der Waals surface area contributed by atoms with Gasteiger partial charge in [0.05, 0.1) is 11.1 Å². The van der Waals surface area contributed by atoms with Crippen LogP contribution in [0.3, 0.4) is 0 Å². The monoisotopic (exact) mass is 228 g/mol. The van der Waals surface area contributed by atoms with E-state index in [0.29, 0.717) is 0 Å². The summed E-state index contributed by atoms with van der Waals surface area (Å²) in [6, 6.07) is 0. The standard InChI is InChI=1S/C9H12N2OS2/c1-8(3-13-5-10-8)7(12)9(2)4-14-6-11-9/h5-6H,3-4H2,1-2H3. The third-order valence-corrected chi connectivity index (χ3v) is 4.50. The molecule has 2 aliphatic rings. The Morgan fingerprint density at radius 3 is 1.86 bits per heavy atom. The summed E-state index contributed by atoms with van der Waals surface area (Å²) in [6.07, 6.45) is 0. The molecule has 0 saturated heterocycles. The van der Waals surface area contributed by atoms with Crippen molar-refractivity contribution in [2.24, 2.45) is 9.98 Å². The van der Waals surface area contributed by atoms with Gasteiger partial charge in [-0.05, 0) is 13.8 Å². The molecule has 0 bridgehead atoms. The van der Waals surface area contributed by atoms with Gasteiger partial charge in [-0.25, -0.2) is 0 Å². The number of Topliss-reactive ketones (excluding diaryl/α,β-unsaturated/α-hetero) is 1. The zero-order chi connectivity index (χ0) is 10.2. The summed E-state index contributed by atoms with van der Waals surface area (Å²) in [5, 5.41) is 0. The number of thioether (sulfide) groups is 2. The third kappa shape index (κ3) is 1.52.